The van der Waals surface area contributed by atoms with Crippen molar-refractivity contribution >= 4 is 32.7 Å². The normalized spacial score (nSPS) is 11.0. The van der Waals surface area contributed by atoms with Crippen molar-refractivity contribution in [3.05, 3.63) is 68.4 Å². The van der Waals surface area contributed by atoms with Crippen LogP contribution in [0, 0.1) is 21.7 Å². The molecule has 0 fully saturated rings. The van der Waals surface area contributed by atoms with Crippen molar-refractivity contribution in [2.45, 2.75) is 6.54 Å². The van der Waals surface area contributed by atoms with Crippen LogP contribution in [-0.2, 0) is 6.54 Å². The van der Waals surface area contributed by atoms with Crippen LogP contribution in [0.25, 0.3) is 11.0 Å². The van der Waals surface area contributed by atoms with E-state index in [4.69, 9.17) is 0 Å². The Bertz CT molecular complexity index is 895. The third-order valence-electron chi connectivity index (χ3n) is 3.22. The fourth-order valence-corrected chi connectivity index (χ4v) is 2.64. The van der Waals surface area contributed by atoms with Crippen molar-refractivity contribution in [3.63, 3.8) is 0 Å². The van der Waals surface area contributed by atoms with Crippen LogP contribution in [-0.4, -0.2) is 14.5 Å². The number of hydrogen-bond donors (Lipinski definition) is 0. The second kappa shape index (κ2) is 5.45. The summed E-state index contributed by atoms with van der Waals surface area (Å²) in [5, 5.41) is 11.1. The molecule has 0 N–H and O–H groups in total. The maximum Gasteiger partial charge on any atom is 0.298 e. The maximum absolute atomic E-state index is 13.7. The van der Waals surface area contributed by atoms with Crippen LogP contribution in [0.1, 0.15) is 5.56 Å². The minimum Gasteiger partial charge on any atom is -0.326 e. The first-order chi connectivity index (χ1) is 10.5. The molecule has 0 amide bonds. The highest BCUT2D eigenvalue weighted by Gasteiger charge is 2.18. The lowest BCUT2D eigenvalue weighted by Gasteiger charge is -2.06. The van der Waals surface area contributed by atoms with Gasteiger partial charge in [0.15, 0.2) is 5.52 Å². The fourth-order valence-electron chi connectivity index (χ4n) is 2.21. The molecule has 8 heteroatoms. The first-order valence-corrected chi connectivity index (χ1v) is 6.97. The second-order valence-electron chi connectivity index (χ2n) is 4.66. The van der Waals surface area contributed by atoms with E-state index < -0.39 is 16.6 Å². The molecule has 2 aromatic carbocycles. The van der Waals surface area contributed by atoms with E-state index in [1.54, 1.807) is 10.6 Å². The van der Waals surface area contributed by atoms with E-state index in [0.29, 0.717) is 9.99 Å². The van der Waals surface area contributed by atoms with Crippen molar-refractivity contribution in [2.75, 3.05) is 0 Å². The number of aromatic nitrogens is 2. The molecule has 3 aromatic rings. The Labute approximate surface area is 131 Å². The number of fused-ring (bicyclic) bond motifs is 1. The maximum atomic E-state index is 13.7. The van der Waals surface area contributed by atoms with Gasteiger partial charge in [0.25, 0.3) is 5.69 Å². The Morgan fingerprint density at radius 3 is 2.73 bits per heavy atom. The fraction of sp³-hybridized carbons (Fsp3) is 0.0714. The van der Waals surface area contributed by atoms with Crippen molar-refractivity contribution in [1.29, 1.82) is 0 Å². The lowest BCUT2D eigenvalue weighted by atomic mass is 10.2. The molecule has 112 valence electrons. The highest BCUT2D eigenvalue weighted by Crippen LogP contribution is 2.29. The summed E-state index contributed by atoms with van der Waals surface area (Å²) in [6.07, 6.45) is 1.40. The van der Waals surface area contributed by atoms with E-state index in [-0.39, 0.29) is 23.3 Å². The van der Waals surface area contributed by atoms with Gasteiger partial charge in [0.1, 0.15) is 11.6 Å². The minimum atomic E-state index is -0.675. The number of benzene rings is 2. The van der Waals surface area contributed by atoms with Crippen molar-refractivity contribution in [1.82, 2.24) is 9.55 Å². The average Bonchev–Trinajstić information content (AvgIpc) is 2.84. The lowest BCUT2D eigenvalue weighted by molar-refractivity contribution is -0.383. The monoisotopic (exact) mass is 367 g/mol. The van der Waals surface area contributed by atoms with E-state index >= 15 is 0 Å². The Hall–Kier alpha value is -2.35. The van der Waals surface area contributed by atoms with Gasteiger partial charge in [-0.25, -0.2) is 13.8 Å². The smallest absolute Gasteiger partial charge is 0.298 e. The Morgan fingerprint density at radius 1 is 1.27 bits per heavy atom. The van der Waals surface area contributed by atoms with Crippen molar-refractivity contribution < 1.29 is 13.7 Å². The average molecular weight is 368 g/mol. The number of halogens is 3. The number of nitrogens with zero attached hydrogens (tertiary/aromatic N) is 3. The zero-order chi connectivity index (χ0) is 15.9. The minimum absolute atomic E-state index is 0.0935. The highest BCUT2D eigenvalue weighted by atomic mass is 79.9. The number of imidazole rings is 1. The van der Waals surface area contributed by atoms with Crippen LogP contribution in [0.3, 0.4) is 0 Å². The molecule has 0 aliphatic heterocycles. The number of rotatable bonds is 3. The van der Waals surface area contributed by atoms with E-state index in [9.17, 15) is 18.9 Å². The number of hydrogen-bond acceptors (Lipinski definition) is 3. The van der Waals surface area contributed by atoms with E-state index in [1.807, 2.05) is 0 Å². The topological polar surface area (TPSA) is 61.0 Å². The summed E-state index contributed by atoms with van der Waals surface area (Å²) in [5.41, 5.74) is 0.839. The van der Waals surface area contributed by atoms with Gasteiger partial charge < -0.3 is 4.57 Å². The third kappa shape index (κ3) is 2.57. The molecule has 5 nitrogen and oxygen atoms in total. The number of non-ortho nitro benzene ring substituents is 1. The molecule has 0 saturated carbocycles. The number of nitro groups is 1. The Kier molecular flexibility index (Phi) is 3.61. The van der Waals surface area contributed by atoms with Crippen LogP contribution in [0.2, 0.25) is 0 Å². The van der Waals surface area contributed by atoms with Gasteiger partial charge in [-0.05, 0) is 12.1 Å². The highest BCUT2D eigenvalue weighted by molar-refractivity contribution is 9.10. The number of nitro benzene ring substituents is 1. The van der Waals surface area contributed by atoms with Crippen LogP contribution in [0.15, 0.2) is 41.1 Å². The molecular weight excluding hydrogens is 360 g/mol. The van der Waals surface area contributed by atoms with Gasteiger partial charge in [0.05, 0.1) is 23.3 Å². The molecule has 1 aromatic heterocycles. The zero-order valence-electron chi connectivity index (χ0n) is 11.0. The van der Waals surface area contributed by atoms with Crippen LogP contribution in [0.5, 0.6) is 0 Å². The molecular formula is C14H8BrF2N3O2. The molecule has 0 bridgehead atoms. The molecule has 0 aliphatic carbocycles. The van der Waals surface area contributed by atoms with E-state index in [2.05, 4.69) is 20.9 Å². The molecule has 0 aliphatic rings. The van der Waals surface area contributed by atoms with Gasteiger partial charge in [-0.3, -0.25) is 10.1 Å². The van der Waals surface area contributed by atoms with Gasteiger partial charge in [-0.2, -0.15) is 0 Å². The molecule has 0 spiro atoms. The first-order valence-electron chi connectivity index (χ1n) is 6.18. The predicted octanol–water partition coefficient (Wildman–Crippen LogP) is 4.03. The SMILES string of the molecule is O=[N+]([O-])c1cc(Br)cc2c1ncn2Cc1ccc(F)cc1F. The van der Waals surface area contributed by atoms with Gasteiger partial charge in [-0.15, -0.1) is 0 Å². The van der Waals surface area contributed by atoms with Gasteiger partial charge in [-0.1, -0.05) is 22.0 Å². The quantitative estimate of drug-likeness (QED) is 0.518. The lowest BCUT2D eigenvalue weighted by Crippen LogP contribution is -2.01. The third-order valence-corrected chi connectivity index (χ3v) is 3.68. The summed E-state index contributed by atoms with van der Waals surface area (Å²) >= 11 is 3.21. The predicted molar refractivity (Wildman–Crippen MR) is 79.5 cm³/mol. The summed E-state index contributed by atoms with van der Waals surface area (Å²) < 4.78 is 28.8. The zero-order valence-corrected chi connectivity index (χ0v) is 12.5. The molecule has 3 rings (SSSR count). The molecule has 0 radical (unpaired) electrons. The van der Waals surface area contributed by atoms with Gasteiger partial charge in [0, 0.05) is 22.2 Å². The van der Waals surface area contributed by atoms with Crippen molar-refractivity contribution in [2.24, 2.45) is 0 Å². The molecule has 0 unspecified atom stereocenters. The Balaban J connectivity index is 2.10. The summed E-state index contributed by atoms with van der Waals surface area (Å²) in [7, 11) is 0. The summed E-state index contributed by atoms with van der Waals surface area (Å²) in [6.45, 7) is 0.0935. The van der Waals surface area contributed by atoms with Crippen molar-refractivity contribution in [3.8, 4) is 0 Å². The Morgan fingerprint density at radius 2 is 2.05 bits per heavy atom. The van der Waals surface area contributed by atoms with Crippen LogP contribution in [0.4, 0.5) is 14.5 Å². The summed E-state index contributed by atoms with van der Waals surface area (Å²) in [5.74, 6) is -1.33. The largest absolute Gasteiger partial charge is 0.326 e. The van der Waals surface area contributed by atoms with E-state index in [0.717, 1.165) is 12.1 Å². The summed E-state index contributed by atoms with van der Waals surface area (Å²) in [6, 6.07) is 6.32. The first kappa shape index (κ1) is 14.6. The molecule has 0 atom stereocenters. The molecule has 0 saturated heterocycles. The second-order valence-corrected chi connectivity index (χ2v) is 5.57. The van der Waals surface area contributed by atoms with E-state index in [1.165, 1.54) is 18.5 Å². The molecule has 1 heterocycles. The van der Waals surface area contributed by atoms with Gasteiger partial charge >= 0.3 is 0 Å². The molecule has 22 heavy (non-hydrogen) atoms. The van der Waals surface area contributed by atoms with Gasteiger partial charge in [0.2, 0.25) is 0 Å². The standard InChI is InChI=1S/C14H8BrF2N3O2/c15-9-3-12-14(13(4-9)20(21)22)18-7-19(12)6-8-1-2-10(16)5-11(8)17/h1-5,7H,6H2. The van der Waals surface area contributed by atoms with Crippen LogP contribution >= 0.6 is 15.9 Å². The van der Waals surface area contributed by atoms with Crippen LogP contribution < -0.4 is 0 Å². The summed E-state index contributed by atoms with van der Waals surface area (Å²) in [4.78, 5) is 14.6.